The first-order valence-electron chi connectivity index (χ1n) is 11.0. The molecule has 1 heterocycles. The molecule has 0 amide bonds. The maximum atomic E-state index is 2.55. The van der Waals surface area contributed by atoms with Gasteiger partial charge in [0.15, 0.2) is 0 Å². The fourth-order valence-electron chi connectivity index (χ4n) is 5.88. The number of piperidine rings is 1. The van der Waals surface area contributed by atoms with Crippen molar-refractivity contribution in [3.05, 3.63) is 48.0 Å². The van der Waals surface area contributed by atoms with Crippen molar-refractivity contribution in [3.63, 3.8) is 0 Å². The Morgan fingerprint density at radius 2 is 1.81 bits per heavy atom. The Bertz CT molecular complexity index is 569. The minimum absolute atomic E-state index is 0. The van der Waals surface area contributed by atoms with E-state index in [-0.39, 0.29) is 12.4 Å². The Balaban J connectivity index is 0.00000364. The van der Waals surface area contributed by atoms with Gasteiger partial charge in [-0.15, -0.1) is 0 Å². The molecular formula is C25H42ClN. The van der Waals surface area contributed by atoms with Gasteiger partial charge >= 0.3 is 0 Å². The summed E-state index contributed by atoms with van der Waals surface area (Å²) in [6.45, 7) is 14.5. The summed E-state index contributed by atoms with van der Waals surface area (Å²) in [5.41, 5.74) is 1.95. The van der Waals surface area contributed by atoms with Crippen LogP contribution in [0.15, 0.2) is 42.5 Å². The molecule has 1 nitrogen and oxygen atoms in total. The van der Waals surface area contributed by atoms with Crippen LogP contribution in [0.1, 0.15) is 72.3 Å². The summed E-state index contributed by atoms with van der Waals surface area (Å²) in [5, 5.41) is 0. The molecule has 154 valence electrons. The molecule has 0 N–H and O–H groups in total. The topological polar surface area (TPSA) is 0 Å². The Morgan fingerprint density at radius 1 is 1.15 bits per heavy atom. The van der Waals surface area contributed by atoms with Crippen LogP contribution in [0, 0.1) is 11.8 Å². The first-order valence-corrected chi connectivity index (χ1v) is 11.0. The number of rotatable bonds is 8. The zero-order chi connectivity index (χ0) is 19.2. The lowest BCUT2D eigenvalue weighted by atomic mass is 9.60. The Morgan fingerprint density at radius 3 is 2.33 bits per heavy atom. The van der Waals surface area contributed by atoms with Crippen LogP contribution < -0.4 is 12.4 Å². The van der Waals surface area contributed by atoms with Crippen LogP contribution in [0.2, 0.25) is 0 Å². The lowest BCUT2D eigenvalue weighted by Crippen LogP contribution is -3.00. The van der Waals surface area contributed by atoms with Crippen molar-refractivity contribution in [2.24, 2.45) is 11.8 Å². The van der Waals surface area contributed by atoms with E-state index in [4.69, 9.17) is 0 Å². The van der Waals surface area contributed by atoms with Crippen molar-refractivity contribution in [2.75, 3.05) is 20.1 Å². The molecule has 1 aliphatic heterocycles. The van der Waals surface area contributed by atoms with Crippen LogP contribution in [0.4, 0.5) is 0 Å². The molecule has 0 aromatic heterocycles. The van der Waals surface area contributed by atoms with Gasteiger partial charge in [-0.3, -0.25) is 0 Å². The predicted octanol–water partition coefficient (Wildman–Crippen LogP) is 3.60. The van der Waals surface area contributed by atoms with Gasteiger partial charge in [-0.2, -0.15) is 0 Å². The van der Waals surface area contributed by atoms with E-state index in [2.05, 4.69) is 84.2 Å². The number of hydrogen-bond donors (Lipinski definition) is 0. The predicted molar refractivity (Wildman–Crippen MR) is 115 cm³/mol. The molecule has 0 bridgehead atoms. The summed E-state index contributed by atoms with van der Waals surface area (Å²) in [5.74, 6) is 1.53. The van der Waals surface area contributed by atoms with Crippen molar-refractivity contribution in [3.8, 4) is 0 Å². The van der Waals surface area contributed by atoms with Crippen molar-refractivity contribution in [1.82, 2.24) is 0 Å². The highest BCUT2D eigenvalue weighted by molar-refractivity contribution is 5.27. The molecule has 0 spiro atoms. The van der Waals surface area contributed by atoms with E-state index in [1.807, 2.05) is 0 Å². The smallest absolute Gasteiger partial charge is 0.0894 e. The third-order valence-corrected chi connectivity index (χ3v) is 7.35. The van der Waals surface area contributed by atoms with Crippen molar-refractivity contribution < 1.29 is 16.9 Å². The summed E-state index contributed by atoms with van der Waals surface area (Å²) in [6.07, 6.45) is 11.0. The molecule has 5 atom stereocenters. The Kier molecular flexibility index (Phi) is 9.58. The van der Waals surface area contributed by atoms with E-state index in [1.165, 1.54) is 49.7 Å². The Labute approximate surface area is 175 Å². The van der Waals surface area contributed by atoms with Crippen LogP contribution in [0.5, 0.6) is 0 Å². The summed E-state index contributed by atoms with van der Waals surface area (Å²) in [6, 6.07) is 12.2. The van der Waals surface area contributed by atoms with Crippen LogP contribution >= 0.6 is 0 Å². The molecule has 2 heteroatoms. The number of hydrogen-bond acceptors (Lipinski definition) is 0. The average molecular weight is 392 g/mol. The van der Waals surface area contributed by atoms with Gasteiger partial charge in [0, 0.05) is 23.7 Å². The summed E-state index contributed by atoms with van der Waals surface area (Å²) in [7, 11) is 2.55. The van der Waals surface area contributed by atoms with Gasteiger partial charge in [0.1, 0.15) is 0 Å². The number of quaternary nitrogens is 1. The lowest BCUT2D eigenvalue weighted by molar-refractivity contribution is -0.946. The van der Waals surface area contributed by atoms with Crippen molar-refractivity contribution in [1.29, 1.82) is 0 Å². The SMILES string of the molecule is CC=CCC(C)C[N+]1(C)CC(CC)C(CC)(c2ccccc2)CC1CC.[Cl-]. The molecule has 1 aromatic carbocycles. The quantitative estimate of drug-likeness (QED) is 0.469. The van der Waals surface area contributed by atoms with Crippen LogP contribution in [0.25, 0.3) is 0 Å². The Hall–Kier alpha value is -0.790. The van der Waals surface area contributed by atoms with Crippen molar-refractivity contribution in [2.45, 2.75) is 78.2 Å². The zero-order valence-corrected chi connectivity index (χ0v) is 19.3. The average Bonchev–Trinajstić information content (AvgIpc) is 2.66. The molecule has 0 radical (unpaired) electrons. The second-order valence-corrected chi connectivity index (χ2v) is 9.00. The first kappa shape index (κ1) is 24.2. The number of allylic oxidation sites excluding steroid dienone is 2. The summed E-state index contributed by atoms with van der Waals surface area (Å²) in [4.78, 5) is 0. The minimum Gasteiger partial charge on any atom is -1.00 e. The van der Waals surface area contributed by atoms with Gasteiger partial charge in [-0.25, -0.2) is 0 Å². The van der Waals surface area contributed by atoms with Crippen LogP contribution in [-0.4, -0.2) is 30.7 Å². The van der Waals surface area contributed by atoms with E-state index in [9.17, 15) is 0 Å². The highest BCUT2D eigenvalue weighted by Crippen LogP contribution is 2.49. The van der Waals surface area contributed by atoms with E-state index >= 15 is 0 Å². The molecule has 5 unspecified atom stereocenters. The van der Waals surface area contributed by atoms with Gasteiger partial charge in [-0.05, 0) is 38.2 Å². The molecule has 0 saturated carbocycles. The maximum absolute atomic E-state index is 2.55. The zero-order valence-electron chi connectivity index (χ0n) is 18.5. The van der Waals surface area contributed by atoms with E-state index < -0.39 is 0 Å². The molecule has 1 aliphatic rings. The van der Waals surface area contributed by atoms with Crippen molar-refractivity contribution >= 4 is 0 Å². The van der Waals surface area contributed by atoms with E-state index in [0.717, 1.165) is 17.9 Å². The van der Waals surface area contributed by atoms with Gasteiger partial charge in [-0.1, -0.05) is 70.2 Å². The third kappa shape index (κ3) is 5.18. The molecule has 1 aromatic rings. The molecular weight excluding hydrogens is 350 g/mol. The highest BCUT2D eigenvalue weighted by Gasteiger charge is 2.51. The van der Waals surface area contributed by atoms with Gasteiger partial charge in [0.05, 0.1) is 26.2 Å². The van der Waals surface area contributed by atoms with Crippen LogP contribution in [-0.2, 0) is 5.41 Å². The summed E-state index contributed by atoms with van der Waals surface area (Å²) < 4.78 is 1.27. The fourth-order valence-corrected chi connectivity index (χ4v) is 5.88. The second-order valence-electron chi connectivity index (χ2n) is 9.00. The number of halogens is 1. The second kappa shape index (κ2) is 10.7. The fraction of sp³-hybridized carbons (Fsp3) is 0.680. The molecule has 1 fully saturated rings. The lowest BCUT2D eigenvalue weighted by Gasteiger charge is -2.56. The first-order chi connectivity index (χ1) is 12.5. The number of nitrogens with zero attached hydrogens (tertiary/aromatic N) is 1. The van der Waals surface area contributed by atoms with Crippen LogP contribution in [0.3, 0.4) is 0 Å². The standard InChI is InChI=1S/C25H42N.ClH/c1-7-11-15-21(5)19-26(6)20-22(8-2)25(10-4,18-24(26)9-3)23-16-13-12-14-17-23;/h7,11-14,16-17,21-22,24H,8-10,15,18-20H2,1-6H3;1H/q+1;/p-1. The van der Waals surface area contributed by atoms with Gasteiger partial charge < -0.3 is 16.9 Å². The molecule has 2 rings (SSSR count). The van der Waals surface area contributed by atoms with E-state index in [1.54, 1.807) is 5.56 Å². The van der Waals surface area contributed by atoms with Gasteiger partial charge in [0.2, 0.25) is 0 Å². The number of benzene rings is 1. The molecule has 27 heavy (non-hydrogen) atoms. The molecule has 1 saturated heterocycles. The summed E-state index contributed by atoms with van der Waals surface area (Å²) >= 11 is 0. The normalized spacial score (nSPS) is 32.2. The molecule has 0 aliphatic carbocycles. The highest BCUT2D eigenvalue weighted by atomic mass is 35.5. The monoisotopic (exact) mass is 391 g/mol. The van der Waals surface area contributed by atoms with Gasteiger partial charge in [0.25, 0.3) is 0 Å². The number of likely N-dealkylation sites (tertiary alicyclic amines) is 1. The third-order valence-electron chi connectivity index (χ3n) is 7.35. The van der Waals surface area contributed by atoms with E-state index in [0.29, 0.717) is 5.41 Å². The maximum Gasteiger partial charge on any atom is 0.0894 e. The minimum atomic E-state index is 0. The largest absolute Gasteiger partial charge is 1.00 e.